The van der Waals surface area contributed by atoms with E-state index in [1.54, 1.807) is 24.4 Å². The van der Waals surface area contributed by atoms with Crippen LogP contribution in [0.15, 0.2) is 41.9 Å². The number of aromatic carboxylic acids is 1. The lowest BCUT2D eigenvalue weighted by Gasteiger charge is -2.23. The molecule has 3 heterocycles. The average molecular weight is 550 g/mol. The number of carbonyl (C=O) groups is 1. The largest absolute Gasteiger partial charge is 0.487 e. The van der Waals surface area contributed by atoms with Gasteiger partial charge in [0.15, 0.2) is 11.4 Å². The van der Waals surface area contributed by atoms with Gasteiger partial charge in [0.05, 0.1) is 18.1 Å². The second-order valence-corrected chi connectivity index (χ2v) is 10.0. The van der Waals surface area contributed by atoms with Crippen molar-refractivity contribution in [3.63, 3.8) is 0 Å². The second kappa shape index (κ2) is 14.2. The number of nitrogens with zero attached hydrogens (tertiary/aromatic N) is 4. The third-order valence-corrected chi connectivity index (χ3v) is 7.15. The monoisotopic (exact) mass is 549 g/mol. The highest BCUT2D eigenvalue weighted by Crippen LogP contribution is 2.28. The summed E-state index contributed by atoms with van der Waals surface area (Å²) in [6.07, 6.45) is 7.83. The summed E-state index contributed by atoms with van der Waals surface area (Å²) in [6.45, 7) is 3.91. The summed E-state index contributed by atoms with van der Waals surface area (Å²) in [5.41, 5.74) is 1.49. The number of piperidine rings is 1. The van der Waals surface area contributed by atoms with Crippen molar-refractivity contribution in [1.29, 1.82) is 0 Å². The number of nitrogens with one attached hydrogen (secondary N) is 1. The van der Waals surface area contributed by atoms with E-state index in [0.717, 1.165) is 37.9 Å². The van der Waals surface area contributed by atoms with Crippen molar-refractivity contribution in [2.24, 2.45) is 0 Å². The van der Waals surface area contributed by atoms with Crippen molar-refractivity contribution in [3.8, 4) is 28.2 Å². The fraction of sp³-hybridized carbons (Fsp3) is 0.393. The Bertz CT molecular complexity index is 1340. The van der Waals surface area contributed by atoms with Gasteiger partial charge in [-0.25, -0.2) is 14.8 Å². The van der Waals surface area contributed by atoms with Crippen LogP contribution in [0.25, 0.3) is 10.6 Å². The van der Waals surface area contributed by atoms with Crippen LogP contribution in [0.5, 0.6) is 5.75 Å². The average Bonchev–Trinajstić information content (AvgIpc) is 3.44. The van der Waals surface area contributed by atoms with E-state index in [4.69, 9.17) is 9.84 Å². The highest BCUT2D eigenvalue weighted by Gasteiger charge is 2.15. The Morgan fingerprint density at radius 2 is 2.03 bits per heavy atom. The lowest BCUT2D eigenvalue weighted by atomic mass is 10.1. The van der Waals surface area contributed by atoms with Crippen LogP contribution in [0.2, 0.25) is 0 Å². The zero-order valence-electron chi connectivity index (χ0n) is 21.6. The first kappa shape index (κ1) is 28.0. The lowest BCUT2D eigenvalue weighted by molar-refractivity contribution is -0.385. The molecule has 2 aromatic heterocycles. The van der Waals surface area contributed by atoms with Gasteiger partial charge >= 0.3 is 11.7 Å². The van der Waals surface area contributed by atoms with E-state index in [-0.39, 0.29) is 17.1 Å². The van der Waals surface area contributed by atoms with Crippen LogP contribution in [0.1, 0.15) is 54.6 Å². The van der Waals surface area contributed by atoms with Crippen LogP contribution in [0, 0.1) is 22.0 Å². The maximum absolute atomic E-state index is 11.4. The van der Waals surface area contributed by atoms with Gasteiger partial charge in [0.25, 0.3) is 0 Å². The number of nitro benzene ring substituents is 1. The topological polar surface area (TPSA) is 131 Å². The van der Waals surface area contributed by atoms with Crippen LogP contribution < -0.4 is 10.1 Å². The predicted octanol–water partition coefficient (Wildman–Crippen LogP) is 5.31. The summed E-state index contributed by atoms with van der Waals surface area (Å²) in [5.74, 6) is 6.18. The molecule has 1 aromatic carbocycles. The molecule has 0 amide bonds. The van der Waals surface area contributed by atoms with E-state index in [1.165, 1.54) is 42.0 Å². The fourth-order valence-electron chi connectivity index (χ4n) is 4.20. The van der Waals surface area contributed by atoms with Crippen molar-refractivity contribution >= 4 is 28.8 Å². The number of pyridine rings is 1. The molecule has 10 nitrogen and oxygen atoms in total. The van der Waals surface area contributed by atoms with Crippen molar-refractivity contribution in [2.45, 2.75) is 38.5 Å². The van der Waals surface area contributed by atoms with Gasteiger partial charge in [-0.3, -0.25) is 15.0 Å². The number of ether oxygens (including phenoxy) is 1. The Morgan fingerprint density at radius 3 is 2.79 bits per heavy atom. The number of carboxylic acid groups (broad SMARTS) is 1. The maximum Gasteiger partial charge on any atom is 0.355 e. The van der Waals surface area contributed by atoms with E-state index in [2.05, 4.69) is 32.0 Å². The Labute approximate surface area is 231 Å². The van der Waals surface area contributed by atoms with E-state index >= 15 is 0 Å². The molecular formula is C28H31N5O5S. The lowest BCUT2D eigenvalue weighted by Crippen LogP contribution is -2.29. The number of rotatable bonds is 12. The number of hydrogen-bond donors (Lipinski definition) is 2. The standard InChI is InChI=1S/C28H31N5O5S/c34-28(35)23-20-39-27(31-23)22-11-13-30-26(19-22)29-12-3-1-6-17-38-25-18-21(9-10-24(25)33(36)37)8-7-16-32-14-4-2-5-15-32/h9-11,13,18-20H,1-6,12,14-17H2,(H,29,30)(H,34,35). The highest BCUT2D eigenvalue weighted by molar-refractivity contribution is 7.13. The van der Waals surface area contributed by atoms with Crippen molar-refractivity contribution in [2.75, 3.05) is 38.1 Å². The van der Waals surface area contributed by atoms with Gasteiger partial charge in [-0.05, 0) is 63.4 Å². The number of anilines is 1. The Kier molecular flexibility index (Phi) is 10.2. The van der Waals surface area contributed by atoms with Gasteiger partial charge in [-0.15, -0.1) is 11.3 Å². The molecule has 11 heteroatoms. The molecule has 2 N–H and O–H groups in total. The van der Waals surface area contributed by atoms with E-state index < -0.39 is 10.9 Å². The first-order valence-corrected chi connectivity index (χ1v) is 13.9. The third kappa shape index (κ3) is 8.49. The van der Waals surface area contributed by atoms with Gasteiger partial charge in [-0.2, -0.15) is 0 Å². The number of benzene rings is 1. The minimum Gasteiger partial charge on any atom is -0.487 e. The summed E-state index contributed by atoms with van der Waals surface area (Å²) in [4.78, 5) is 32.9. The molecule has 1 saturated heterocycles. The minimum absolute atomic E-state index is 0.0291. The van der Waals surface area contributed by atoms with Crippen molar-refractivity contribution in [1.82, 2.24) is 14.9 Å². The Hall–Kier alpha value is -4.01. The molecule has 4 rings (SSSR count). The van der Waals surface area contributed by atoms with Crippen LogP contribution in [0.3, 0.4) is 0 Å². The normalized spacial score (nSPS) is 13.3. The summed E-state index contributed by atoms with van der Waals surface area (Å²) in [6, 6.07) is 8.42. The van der Waals surface area contributed by atoms with Gasteiger partial charge < -0.3 is 15.2 Å². The summed E-state index contributed by atoms with van der Waals surface area (Å²) >= 11 is 1.28. The molecule has 0 spiro atoms. The van der Waals surface area contributed by atoms with Gasteiger partial charge in [-0.1, -0.05) is 18.3 Å². The zero-order valence-corrected chi connectivity index (χ0v) is 22.4. The number of unbranched alkanes of at least 4 members (excludes halogenated alkanes) is 2. The molecule has 0 saturated carbocycles. The zero-order chi connectivity index (χ0) is 27.5. The quantitative estimate of drug-likeness (QED) is 0.134. The number of thiazole rings is 1. The number of nitro groups is 1. The summed E-state index contributed by atoms with van der Waals surface area (Å²) in [7, 11) is 0. The number of hydrogen-bond acceptors (Lipinski definition) is 9. The predicted molar refractivity (Wildman–Crippen MR) is 150 cm³/mol. The molecule has 1 aliphatic heterocycles. The van der Waals surface area contributed by atoms with Gasteiger partial charge in [0.1, 0.15) is 10.8 Å². The van der Waals surface area contributed by atoms with Crippen molar-refractivity contribution < 1.29 is 19.6 Å². The van der Waals surface area contributed by atoms with Crippen molar-refractivity contribution in [3.05, 3.63) is 63.3 Å². The van der Waals surface area contributed by atoms with Crippen LogP contribution in [-0.4, -0.2) is 63.7 Å². The van der Waals surface area contributed by atoms with Crippen LogP contribution in [-0.2, 0) is 0 Å². The molecule has 3 aromatic rings. The number of aromatic nitrogens is 2. The van der Waals surface area contributed by atoms with Crippen LogP contribution in [0.4, 0.5) is 11.5 Å². The van der Waals surface area contributed by atoms with E-state index in [0.29, 0.717) is 36.1 Å². The third-order valence-electron chi connectivity index (χ3n) is 6.26. The first-order valence-electron chi connectivity index (χ1n) is 13.0. The second-order valence-electron chi connectivity index (χ2n) is 9.19. The van der Waals surface area contributed by atoms with Gasteiger partial charge in [0.2, 0.25) is 0 Å². The number of carboxylic acids is 1. The SMILES string of the molecule is O=C(O)c1csc(-c2ccnc(NCCCCCOc3cc(C#CCN4CCCCC4)ccc3[N+](=O)[O-])c2)n1. The highest BCUT2D eigenvalue weighted by atomic mass is 32.1. The molecule has 204 valence electrons. The van der Waals surface area contributed by atoms with E-state index in [9.17, 15) is 14.9 Å². The molecule has 0 atom stereocenters. The maximum atomic E-state index is 11.4. The minimum atomic E-state index is -1.05. The molecule has 0 radical (unpaired) electrons. The smallest absolute Gasteiger partial charge is 0.355 e. The first-order chi connectivity index (χ1) is 19.0. The fourth-order valence-corrected chi connectivity index (χ4v) is 4.99. The molecular weight excluding hydrogens is 518 g/mol. The van der Waals surface area contributed by atoms with Crippen LogP contribution >= 0.6 is 11.3 Å². The summed E-state index contributed by atoms with van der Waals surface area (Å²) in [5, 5.41) is 25.9. The molecule has 1 fully saturated rings. The Balaban J connectivity index is 1.21. The molecule has 39 heavy (non-hydrogen) atoms. The van der Waals surface area contributed by atoms with E-state index in [1.807, 2.05) is 6.07 Å². The molecule has 0 aliphatic carbocycles. The molecule has 0 bridgehead atoms. The van der Waals surface area contributed by atoms with Gasteiger partial charge in [0, 0.05) is 41.4 Å². The summed E-state index contributed by atoms with van der Waals surface area (Å²) < 4.78 is 5.78. The number of likely N-dealkylation sites (tertiary alicyclic amines) is 1. The molecule has 0 unspecified atom stereocenters. The Morgan fingerprint density at radius 1 is 1.18 bits per heavy atom. The molecule has 1 aliphatic rings.